The lowest BCUT2D eigenvalue weighted by atomic mass is 10.1. The standard InChI is InChI=1S/C15H17N2O/c1-17(2)14-9-7-12(8-10-14)16-13-5-4-6-15(11-13)18-3/h4-11H,1-3H3/q+1. The van der Waals surface area contributed by atoms with Crippen LogP contribution >= 0.6 is 0 Å². The summed E-state index contributed by atoms with van der Waals surface area (Å²) in [6, 6.07) is 7.72. The summed E-state index contributed by atoms with van der Waals surface area (Å²) in [4.78, 5) is 4.55. The van der Waals surface area contributed by atoms with Gasteiger partial charge in [-0.25, -0.2) is 9.57 Å². The van der Waals surface area contributed by atoms with Crippen LogP contribution in [0, 0.1) is 0 Å². The molecule has 0 radical (unpaired) electrons. The Hall–Kier alpha value is -2.16. The van der Waals surface area contributed by atoms with E-state index in [1.165, 1.54) is 5.71 Å². The van der Waals surface area contributed by atoms with Crippen LogP contribution in [0.4, 0.5) is 5.69 Å². The Morgan fingerprint density at radius 1 is 1.06 bits per heavy atom. The van der Waals surface area contributed by atoms with Crippen molar-refractivity contribution in [3.8, 4) is 5.75 Å². The van der Waals surface area contributed by atoms with Gasteiger partial charge in [-0.2, -0.15) is 0 Å². The zero-order chi connectivity index (χ0) is 13.0. The molecule has 0 fully saturated rings. The number of nitrogens with zero attached hydrogens (tertiary/aromatic N) is 2. The first-order valence-corrected chi connectivity index (χ1v) is 5.82. The SMILES string of the molecule is COc1cccc(N=C2C=CC(=[N+](C)C)C=C2)c1. The number of aliphatic imine (C=N–C) groups is 1. The molecule has 0 amide bonds. The first-order valence-electron chi connectivity index (χ1n) is 5.82. The van der Waals surface area contributed by atoms with E-state index in [4.69, 9.17) is 4.74 Å². The number of hydrogen-bond donors (Lipinski definition) is 0. The molecule has 0 unspecified atom stereocenters. The number of hydrogen-bond acceptors (Lipinski definition) is 2. The Bertz CT molecular complexity index is 544. The van der Waals surface area contributed by atoms with Crippen LogP contribution in [0.1, 0.15) is 0 Å². The molecule has 0 saturated carbocycles. The second-order valence-corrected chi connectivity index (χ2v) is 4.22. The average molecular weight is 241 g/mol. The van der Waals surface area contributed by atoms with E-state index in [0.717, 1.165) is 17.1 Å². The lowest BCUT2D eigenvalue weighted by Gasteiger charge is -2.03. The Morgan fingerprint density at radius 3 is 2.39 bits per heavy atom. The lowest BCUT2D eigenvalue weighted by molar-refractivity contribution is -0.462. The van der Waals surface area contributed by atoms with E-state index < -0.39 is 0 Å². The summed E-state index contributed by atoms with van der Waals surface area (Å²) in [6.07, 6.45) is 8.13. The highest BCUT2D eigenvalue weighted by Crippen LogP contribution is 2.20. The van der Waals surface area contributed by atoms with Crippen LogP contribution < -0.4 is 4.74 Å². The highest BCUT2D eigenvalue weighted by atomic mass is 16.5. The first-order chi connectivity index (χ1) is 8.69. The zero-order valence-corrected chi connectivity index (χ0v) is 10.9. The molecule has 92 valence electrons. The van der Waals surface area contributed by atoms with Gasteiger partial charge < -0.3 is 4.74 Å². The Labute approximate surface area is 107 Å². The van der Waals surface area contributed by atoms with E-state index >= 15 is 0 Å². The van der Waals surface area contributed by atoms with Crippen LogP contribution in [-0.4, -0.2) is 37.2 Å². The fourth-order valence-electron chi connectivity index (χ4n) is 1.65. The van der Waals surface area contributed by atoms with Gasteiger partial charge in [0.05, 0.1) is 18.5 Å². The zero-order valence-electron chi connectivity index (χ0n) is 10.9. The highest BCUT2D eigenvalue weighted by Gasteiger charge is 2.05. The molecule has 0 bridgehead atoms. The third-order valence-electron chi connectivity index (χ3n) is 2.68. The fourth-order valence-corrected chi connectivity index (χ4v) is 1.65. The number of benzene rings is 1. The van der Waals surface area contributed by atoms with Gasteiger partial charge in [0.15, 0.2) is 5.71 Å². The molecule has 1 aromatic rings. The second kappa shape index (κ2) is 5.45. The molecule has 1 aliphatic carbocycles. The largest absolute Gasteiger partial charge is 0.497 e. The van der Waals surface area contributed by atoms with Crippen molar-refractivity contribution in [1.82, 2.24) is 0 Å². The van der Waals surface area contributed by atoms with Gasteiger partial charge in [0.25, 0.3) is 0 Å². The monoisotopic (exact) mass is 241 g/mol. The molecule has 3 heteroatoms. The molecule has 0 aliphatic heterocycles. The van der Waals surface area contributed by atoms with Gasteiger partial charge in [-0.05, 0) is 24.3 Å². The quantitative estimate of drug-likeness (QED) is 0.577. The van der Waals surface area contributed by atoms with E-state index in [1.807, 2.05) is 50.5 Å². The third-order valence-corrected chi connectivity index (χ3v) is 2.68. The van der Waals surface area contributed by atoms with Crippen molar-refractivity contribution in [2.24, 2.45) is 4.99 Å². The number of rotatable bonds is 2. The summed E-state index contributed by atoms with van der Waals surface area (Å²) in [7, 11) is 5.70. The molecule has 1 aromatic carbocycles. The van der Waals surface area contributed by atoms with Crippen molar-refractivity contribution in [3.05, 3.63) is 48.6 Å². The molecule has 2 rings (SSSR count). The smallest absolute Gasteiger partial charge is 0.199 e. The second-order valence-electron chi connectivity index (χ2n) is 4.22. The average Bonchev–Trinajstić information content (AvgIpc) is 2.39. The molecule has 0 saturated heterocycles. The summed E-state index contributed by atoms with van der Waals surface area (Å²) in [5.74, 6) is 0.821. The number of ether oxygens (including phenoxy) is 1. The maximum Gasteiger partial charge on any atom is 0.199 e. The van der Waals surface area contributed by atoms with E-state index in [9.17, 15) is 0 Å². The predicted molar refractivity (Wildman–Crippen MR) is 75.5 cm³/mol. The van der Waals surface area contributed by atoms with Gasteiger partial charge in [0.2, 0.25) is 0 Å². The van der Waals surface area contributed by atoms with Crippen LogP contribution in [0.25, 0.3) is 0 Å². The van der Waals surface area contributed by atoms with Crippen LogP contribution in [0.15, 0.2) is 53.6 Å². The molecule has 3 nitrogen and oxygen atoms in total. The molecule has 0 atom stereocenters. The minimum atomic E-state index is 0.821. The topological polar surface area (TPSA) is 24.6 Å². The van der Waals surface area contributed by atoms with Gasteiger partial charge in [-0.1, -0.05) is 6.07 Å². The number of methoxy groups -OCH3 is 1. The van der Waals surface area contributed by atoms with Crippen LogP contribution in [0.2, 0.25) is 0 Å². The van der Waals surface area contributed by atoms with Gasteiger partial charge in [-0.3, -0.25) is 0 Å². The molecule has 0 aromatic heterocycles. The van der Waals surface area contributed by atoms with E-state index in [0.29, 0.717) is 0 Å². The van der Waals surface area contributed by atoms with Crippen LogP contribution in [0.5, 0.6) is 5.75 Å². The van der Waals surface area contributed by atoms with E-state index in [-0.39, 0.29) is 0 Å². The maximum absolute atomic E-state index is 5.18. The lowest BCUT2D eigenvalue weighted by Crippen LogP contribution is -2.11. The summed E-state index contributed by atoms with van der Waals surface area (Å²) < 4.78 is 7.24. The first kappa shape index (κ1) is 12.3. The molecular formula is C15H17N2O+. The summed E-state index contributed by atoms with van der Waals surface area (Å²) >= 11 is 0. The normalized spacial score (nSPS) is 13.7. The summed E-state index contributed by atoms with van der Waals surface area (Å²) in [5, 5.41) is 0. The summed E-state index contributed by atoms with van der Waals surface area (Å²) in [5.41, 5.74) is 3.00. The molecule has 18 heavy (non-hydrogen) atoms. The van der Waals surface area contributed by atoms with E-state index in [2.05, 4.69) is 21.7 Å². The van der Waals surface area contributed by atoms with Crippen molar-refractivity contribution >= 4 is 17.1 Å². The van der Waals surface area contributed by atoms with Crippen LogP contribution in [-0.2, 0) is 0 Å². The molecular weight excluding hydrogens is 224 g/mol. The maximum atomic E-state index is 5.18. The van der Waals surface area contributed by atoms with Crippen molar-refractivity contribution in [3.63, 3.8) is 0 Å². The Balaban J connectivity index is 2.23. The van der Waals surface area contributed by atoms with Crippen molar-refractivity contribution in [2.75, 3.05) is 21.2 Å². The van der Waals surface area contributed by atoms with Gasteiger partial charge in [-0.15, -0.1) is 0 Å². The Kier molecular flexibility index (Phi) is 3.72. The Morgan fingerprint density at radius 2 is 1.78 bits per heavy atom. The van der Waals surface area contributed by atoms with Crippen molar-refractivity contribution < 1.29 is 9.31 Å². The highest BCUT2D eigenvalue weighted by molar-refractivity contribution is 6.17. The molecule has 0 heterocycles. The number of allylic oxidation sites excluding steroid dienone is 4. The summed E-state index contributed by atoms with van der Waals surface area (Å²) in [6.45, 7) is 0. The minimum Gasteiger partial charge on any atom is -0.497 e. The predicted octanol–water partition coefficient (Wildman–Crippen LogP) is 2.61. The molecule has 0 spiro atoms. The van der Waals surface area contributed by atoms with Crippen LogP contribution in [0.3, 0.4) is 0 Å². The van der Waals surface area contributed by atoms with Crippen molar-refractivity contribution in [2.45, 2.75) is 0 Å². The molecule has 0 N–H and O–H groups in total. The molecule has 1 aliphatic rings. The third kappa shape index (κ3) is 2.94. The van der Waals surface area contributed by atoms with Gasteiger partial charge in [0, 0.05) is 18.2 Å². The van der Waals surface area contributed by atoms with Gasteiger partial charge >= 0.3 is 0 Å². The van der Waals surface area contributed by atoms with E-state index in [1.54, 1.807) is 7.11 Å². The minimum absolute atomic E-state index is 0.821. The fraction of sp³-hybridized carbons (Fsp3) is 0.200. The van der Waals surface area contributed by atoms with Crippen molar-refractivity contribution in [1.29, 1.82) is 0 Å². The van der Waals surface area contributed by atoms with Gasteiger partial charge in [0.1, 0.15) is 19.8 Å².